The van der Waals surface area contributed by atoms with E-state index < -0.39 is 5.97 Å². The van der Waals surface area contributed by atoms with Crippen molar-refractivity contribution in [2.45, 2.75) is 45.4 Å². The van der Waals surface area contributed by atoms with Crippen molar-refractivity contribution in [1.82, 2.24) is 5.32 Å². The van der Waals surface area contributed by atoms with Gasteiger partial charge in [-0.2, -0.15) is 0 Å². The number of aryl methyl sites for hydroxylation is 1. The Morgan fingerprint density at radius 2 is 1.68 bits per heavy atom. The van der Waals surface area contributed by atoms with Gasteiger partial charge >= 0.3 is 5.97 Å². The molecule has 0 saturated carbocycles. The summed E-state index contributed by atoms with van der Waals surface area (Å²) in [5, 5.41) is 11.3. The normalized spacial score (nSPS) is 10.2. The minimum atomic E-state index is -0.873. The highest BCUT2D eigenvalue weighted by molar-refractivity contribution is 5.96. The zero-order valence-corrected chi connectivity index (χ0v) is 12.9. The predicted octanol–water partition coefficient (Wildman–Crippen LogP) is 2.58. The minimum Gasteiger partial charge on any atom is -0.481 e. The van der Waals surface area contributed by atoms with Gasteiger partial charge in [0.2, 0.25) is 5.91 Å². The van der Waals surface area contributed by atoms with E-state index in [0.29, 0.717) is 18.5 Å². The summed E-state index contributed by atoms with van der Waals surface area (Å²) >= 11 is 0. The quantitative estimate of drug-likeness (QED) is 0.514. The minimum absolute atomic E-state index is 0.00855. The highest BCUT2D eigenvalue weighted by atomic mass is 16.4. The van der Waals surface area contributed by atoms with Crippen LogP contribution in [0.3, 0.4) is 0 Å². The fourth-order valence-corrected chi connectivity index (χ4v) is 2.12. The van der Waals surface area contributed by atoms with Gasteiger partial charge in [0, 0.05) is 31.9 Å². The van der Waals surface area contributed by atoms with Gasteiger partial charge in [-0.05, 0) is 31.2 Å². The van der Waals surface area contributed by atoms with E-state index in [1.54, 1.807) is 12.1 Å². The van der Waals surface area contributed by atoms with E-state index in [9.17, 15) is 14.4 Å². The van der Waals surface area contributed by atoms with E-state index in [-0.39, 0.29) is 24.5 Å². The molecule has 1 rings (SSSR count). The van der Waals surface area contributed by atoms with Crippen molar-refractivity contribution in [3.05, 3.63) is 35.4 Å². The molecule has 0 aliphatic heterocycles. The average Bonchev–Trinajstić information content (AvgIpc) is 2.46. The summed E-state index contributed by atoms with van der Waals surface area (Å²) < 4.78 is 0. The number of carboxylic acids is 1. The van der Waals surface area contributed by atoms with Crippen molar-refractivity contribution in [2.75, 3.05) is 6.54 Å². The largest absolute Gasteiger partial charge is 0.481 e. The molecule has 0 spiro atoms. The van der Waals surface area contributed by atoms with Crippen LogP contribution in [0.25, 0.3) is 0 Å². The summed E-state index contributed by atoms with van der Waals surface area (Å²) in [4.78, 5) is 33.0. The van der Waals surface area contributed by atoms with Crippen LogP contribution >= 0.6 is 0 Å². The summed E-state index contributed by atoms with van der Waals surface area (Å²) in [5.41, 5.74) is 1.79. The molecule has 0 atom stereocenters. The Labute approximate surface area is 130 Å². The number of ketones is 1. The smallest absolute Gasteiger partial charge is 0.303 e. The summed E-state index contributed by atoms with van der Waals surface area (Å²) in [6.07, 6.45) is 3.48. The number of amides is 1. The van der Waals surface area contributed by atoms with Gasteiger partial charge in [0.05, 0.1) is 0 Å². The van der Waals surface area contributed by atoms with Gasteiger partial charge in [-0.25, -0.2) is 0 Å². The third-order valence-electron chi connectivity index (χ3n) is 3.34. The van der Waals surface area contributed by atoms with Gasteiger partial charge in [0.1, 0.15) is 0 Å². The Kier molecular flexibility index (Phi) is 7.89. The highest BCUT2D eigenvalue weighted by Crippen LogP contribution is 2.11. The molecule has 0 bridgehead atoms. The molecule has 0 saturated heterocycles. The summed E-state index contributed by atoms with van der Waals surface area (Å²) in [7, 11) is 0. The number of Topliss-reactive ketones (excluding diaryl/α,β-unsaturated/α-hetero) is 1. The number of rotatable bonds is 10. The Morgan fingerprint density at radius 1 is 1.00 bits per heavy atom. The average molecular weight is 305 g/mol. The standard InChI is InChI=1S/C17H23NO4/c1-13(19)18-12-3-2-5-14-8-10-15(11-9-14)16(20)6-4-7-17(21)22/h8-11H,2-7,12H2,1H3,(H,18,19)(H,21,22). The summed E-state index contributed by atoms with van der Waals surface area (Å²) in [5.74, 6) is -0.897. The number of carboxylic acid groups (broad SMARTS) is 1. The second kappa shape index (κ2) is 9.71. The van der Waals surface area contributed by atoms with E-state index in [1.807, 2.05) is 12.1 Å². The Balaban J connectivity index is 2.31. The lowest BCUT2D eigenvalue weighted by atomic mass is 10.0. The molecule has 2 N–H and O–H groups in total. The molecule has 5 nitrogen and oxygen atoms in total. The lowest BCUT2D eigenvalue weighted by molar-refractivity contribution is -0.137. The first kappa shape index (κ1) is 17.9. The topological polar surface area (TPSA) is 83.5 Å². The molecule has 0 heterocycles. The molecule has 1 amide bonds. The third-order valence-corrected chi connectivity index (χ3v) is 3.34. The van der Waals surface area contributed by atoms with Crippen molar-refractivity contribution in [3.8, 4) is 0 Å². The molecular formula is C17H23NO4. The number of hydrogen-bond donors (Lipinski definition) is 2. The number of carbonyl (C=O) groups excluding carboxylic acids is 2. The van der Waals surface area contributed by atoms with E-state index in [1.165, 1.54) is 6.92 Å². The molecule has 0 aliphatic rings. The van der Waals surface area contributed by atoms with Crippen molar-refractivity contribution < 1.29 is 19.5 Å². The van der Waals surface area contributed by atoms with Crippen LogP contribution in [0.15, 0.2) is 24.3 Å². The van der Waals surface area contributed by atoms with Crippen LogP contribution in [0.1, 0.15) is 54.9 Å². The maximum Gasteiger partial charge on any atom is 0.303 e. The summed E-state index contributed by atoms with van der Waals surface area (Å²) in [6, 6.07) is 7.46. The van der Waals surface area contributed by atoms with E-state index in [0.717, 1.165) is 24.8 Å². The molecule has 120 valence electrons. The van der Waals surface area contributed by atoms with Gasteiger partial charge < -0.3 is 10.4 Å². The van der Waals surface area contributed by atoms with Crippen LogP contribution < -0.4 is 5.32 Å². The van der Waals surface area contributed by atoms with Crippen molar-refractivity contribution >= 4 is 17.7 Å². The molecule has 0 radical (unpaired) electrons. The first-order valence-electron chi connectivity index (χ1n) is 7.57. The molecule has 0 fully saturated rings. The van der Waals surface area contributed by atoms with Crippen LogP contribution in [-0.2, 0) is 16.0 Å². The predicted molar refractivity (Wildman–Crippen MR) is 83.9 cm³/mol. The maximum absolute atomic E-state index is 11.9. The second-order valence-corrected chi connectivity index (χ2v) is 5.31. The number of carbonyl (C=O) groups is 3. The molecule has 22 heavy (non-hydrogen) atoms. The van der Waals surface area contributed by atoms with Gasteiger partial charge in [-0.3, -0.25) is 14.4 Å². The van der Waals surface area contributed by atoms with Crippen LogP contribution in [0.4, 0.5) is 0 Å². The van der Waals surface area contributed by atoms with Gasteiger partial charge in [-0.15, -0.1) is 0 Å². The zero-order chi connectivity index (χ0) is 16.4. The van der Waals surface area contributed by atoms with Crippen LogP contribution in [-0.4, -0.2) is 29.3 Å². The van der Waals surface area contributed by atoms with Gasteiger partial charge in [-0.1, -0.05) is 24.3 Å². The first-order valence-corrected chi connectivity index (χ1v) is 7.57. The number of hydrogen-bond acceptors (Lipinski definition) is 3. The molecule has 1 aromatic carbocycles. The van der Waals surface area contributed by atoms with Crippen LogP contribution in [0.5, 0.6) is 0 Å². The van der Waals surface area contributed by atoms with Crippen molar-refractivity contribution in [2.24, 2.45) is 0 Å². The molecule has 1 aromatic rings. The summed E-state index contributed by atoms with van der Waals surface area (Å²) in [6.45, 7) is 2.20. The van der Waals surface area contributed by atoms with E-state index >= 15 is 0 Å². The number of benzene rings is 1. The molecule has 5 heteroatoms. The lowest BCUT2D eigenvalue weighted by Crippen LogP contribution is -2.20. The Hall–Kier alpha value is -2.17. The van der Waals surface area contributed by atoms with Gasteiger partial charge in [0.15, 0.2) is 5.78 Å². The van der Waals surface area contributed by atoms with E-state index in [2.05, 4.69) is 5.32 Å². The number of unbranched alkanes of at least 4 members (excludes halogenated alkanes) is 1. The Morgan fingerprint density at radius 3 is 2.27 bits per heavy atom. The SMILES string of the molecule is CC(=O)NCCCCc1ccc(C(=O)CCCC(=O)O)cc1. The third kappa shape index (κ3) is 7.57. The maximum atomic E-state index is 11.9. The monoisotopic (exact) mass is 305 g/mol. The van der Waals surface area contributed by atoms with Crippen molar-refractivity contribution in [3.63, 3.8) is 0 Å². The second-order valence-electron chi connectivity index (χ2n) is 5.31. The van der Waals surface area contributed by atoms with Gasteiger partial charge in [0.25, 0.3) is 0 Å². The Bertz CT molecular complexity index is 508. The molecule has 0 aliphatic carbocycles. The van der Waals surface area contributed by atoms with Crippen LogP contribution in [0, 0.1) is 0 Å². The lowest BCUT2D eigenvalue weighted by Gasteiger charge is -2.05. The number of aliphatic carboxylic acids is 1. The van der Waals surface area contributed by atoms with Crippen LogP contribution in [0.2, 0.25) is 0 Å². The molecule has 0 aromatic heterocycles. The first-order chi connectivity index (χ1) is 10.5. The fraction of sp³-hybridized carbons (Fsp3) is 0.471. The zero-order valence-electron chi connectivity index (χ0n) is 12.9. The molecule has 0 unspecified atom stereocenters. The van der Waals surface area contributed by atoms with Crippen molar-refractivity contribution in [1.29, 1.82) is 0 Å². The highest BCUT2D eigenvalue weighted by Gasteiger charge is 2.07. The fourth-order valence-electron chi connectivity index (χ4n) is 2.12. The molecular weight excluding hydrogens is 282 g/mol. The number of nitrogens with one attached hydrogen (secondary N) is 1. The van der Waals surface area contributed by atoms with E-state index in [4.69, 9.17) is 5.11 Å².